The fourth-order valence-corrected chi connectivity index (χ4v) is 3.56. The van der Waals surface area contributed by atoms with Crippen molar-refractivity contribution in [2.24, 2.45) is 0 Å². The molecular weight excluding hydrogens is 383 g/mol. The Hall–Kier alpha value is -2.55. The van der Waals surface area contributed by atoms with Crippen molar-refractivity contribution >= 4 is 23.3 Å². The molecule has 1 aromatic carbocycles. The van der Waals surface area contributed by atoms with Crippen molar-refractivity contribution in [3.05, 3.63) is 40.8 Å². The minimum Gasteiger partial charge on any atom is -0.497 e. The number of methoxy groups -OCH3 is 1. The van der Waals surface area contributed by atoms with Gasteiger partial charge in [0, 0.05) is 24.3 Å². The highest BCUT2D eigenvalue weighted by molar-refractivity contribution is 7.06. The minimum absolute atomic E-state index is 0.00932. The van der Waals surface area contributed by atoms with Gasteiger partial charge in [0.2, 0.25) is 5.79 Å². The number of cyclic esters (lactones) is 1. The lowest BCUT2D eigenvalue weighted by Gasteiger charge is -2.31. The van der Waals surface area contributed by atoms with Gasteiger partial charge in [-0.15, -0.1) is 0 Å². The molecule has 144 valence electrons. The van der Waals surface area contributed by atoms with Crippen LogP contribution in [0.1, 0.15) is 24.3 Å². The standard InChI is InChI=1S/C18H16F3NO4S/c1-17(2)25-12(8-14(23)26-17)15-13(9-18(19,20)21)27-22-16(15)10-4-6-11(24-3)7-5-10/h4-8H,9H2,1-3H3. The second-order valence-electron chi connectivity index (χ2n) is 6.28. The zero-order valence-corrected chi connectivity index (χ0v) is 15.5. The van der Waals surface area contributed by atoms with Gasteiger partial charge < -0.3 is 14.2 Å². The van der Waals surface area contributed by atoms with E-state index < -0.39 is 24.4 Å². The van der Waals surface area contributed by atoms with Crippen molar-refractivity contribution in [2.45, 2.75) is 32.2 Å². The number of ether oxygens (including phenoxy) is 3. The molecule has 2 heterocycles. The summed E-state index contributed by atoms with van der Waals surface area (Å²) < 4.78 is 59.1. The number of nitrogens with zero attached hydrogens (tertiary/aromatic N) is 1. The van der Waals surface area contributed by atoms with Crippen molar-refractivity contribution in [3.63, 3.8) is 0 Å². The molecule has 0 N–H and O–H groups in total. The zero-order valence-electron chi connectivity index (χ0n) is 14.7. The average Bonchev–Trinajstić information content (AvgIpc) is 2.94. The SMILES string of the molecule is COc1ccc(-c2nsc(CC(F)(F)F)c2C2=CC(=O)OC(C)(C)O2)cc1. The smallest absolute Gasteiger partial charge is 0.393 e. The fraction of sp³-hybridized carbons (Fsp3) is 0.333. The number of hydrogen-bond acceptors (Lipinski definition) is 6. The maximum absolute atomic E-state index is 13.0. The Balaban J connectivity index is 2.13. The predicted octanol–water partition coefficient (Wildman–Crippen LogP) is 4.57. The first-order valence-corrected chi connectivity index (χ1v) is 8.69. The third-order valence-electron chi connectivity index (χ3n) is 3.68. The summed E-state index contributed by atoms with van der Waals surface area (Å²) in [6, 6.07) is 6.72. The van der Waals surface area contributed by atoms with Gasteiger partial charge in [-0.25, -0.2) is 4.79 Å². The molecule has 1 aliphatic rings. The van der Waals surface area contributed by atoms with E-state index in [-0.39, 0.29) is 16.2 Å². The van der Waals surface area contributed by atoms with E-state index >= 15 is 0 Å². The van der Waals surface area contributed by atoms with Gasteiger partial charge in [0.15, 0.2) is 0 Å². The lowest BCUT2D eigenvalue weighted by Crippen LogP contribution is -2.34. The summed E-state index contributed by atoms with van der Waals surface area (Å²) in [6.45, 7) is 3.02. The van der Waals surface area contributed by atoms with Crippen LogP contribution >= 0.6 is 11.5 Å². The van der Waals surface area contributed by atoms with E-state index in [1.807, 2.05) is 0 Å². The number of benzene rings is 1. The van der Waals surface area contributed by atoms with Gasteiger partial charge in [0.05, 0.1) is 30.9 Å². The summed E-state index contributed by atoms with van der Waals surface area (Å²) in [4.78, 5) is 11.8. The molecule has 0 bridgehead atoms. The van der Waals surface area contributed by atoms with Crippen LogP contribution in [-0.4, -0.2) is 29.4 Å². The van der Waals surface area contributed by atoms with E-state index in [2.05, 4.69) is 4.37 Å². The van der Waals surface area contributed by atoms with E-state index in [9.17, 15) is 18.0 Å². The van der Waals surface area contributed by atoms with Crippen LogP contribution in [0.15, 0.2) is 30.3 Å². The Morgan fingerprint density at radius 2 is 1.85 bits per heavy atom. The average molecular weight is 399 g/mol. The quantitative estimate of drug-likeness (QED) is 0.705. The molecule has 0 saturated carbocycles. The van der Waals surface area contributed by atoms with Crippen LogP contribution in [0.2, 0.25) is 0 Å². The Labute approximate surface area is 157 Å². The summed E-state index contributed by atoms with van der Waals surface area (Å²) in [5, 5.41) is 0. The monoisotopic (exact) mass is 399 g/mol. The highest BCUT2D eigenvalue weighted by atomic mass is 32.1. The van der Waals surface area contributed by atoms with Crippen LogP contribution in [0, 0.1) is 0 Å². The van der Waals surface area contributed by atoms with Gasteiger partial charge in [-0.3, -0.25) is 0 Å². The van der Waals surface area contributed by atoms with Crippen molar-refractivity contribution < 1.29 is 32.2 Å². The number of hydrogen-bond donors (Lipinski definition) is 0. The summed E-state index contributed by atoms with van der Waals surface area (Å²) in [5.41, 5.74) is 1.03. The van der Waals surface area contributed by atoms with Crippen LogP contribution in [0.25, 0.3) is 17.0 Å². The van der Waals surface area contributed by atoms with Gasteiger partial charge in [-0.1, -0.05) is 0 Å². The molecule has 9 heteroatoms. The van der Waals surface area contributed by atoms with Gasteiger partial charge in [-0.2, -0.15) is 17.5 Å². The van der Waals surface area contributed by atoms with E-state index in [1.165, 1.54) is 21.0 Å². The van der Waals surface area contributed by atoms with Crippen LogP contribution in [0.4, 0.5) is 13.2 Å². The number of esters is 1. The highest BCUT2D eigenvalue weighted by Gasteiger charge is 2.37. The van der Waals surface area contributed by atoms with E-state index in [0.29, 0.717) is 17.0 Å². The Morgan fingerprint density at radius 3 is 2.41 bits per heavy atom. The second-order valence-corrected chi connectivity index (χ2v) is 7.14. The van der Waals surface area contributed by atoms with Gasteiger partial charge >= 0.3 is 12.1 Å². The first kappa shape index (κ1) is 19.2. The number of carbonyl (C=O) groups excluding carboxylic acids is 1. The molecule has 0 unspecified atom stereocenters. The number of halogens is 3. The van der Waals surface area contributed by atoms with E-state index in [0.717, 1.165) is 17.6 Å². The largest absolute Gasteiger partial charge is 0.497 e. The van der Waals surface area contributed by atoms with Crippen LogP contribution in [0.5, 0.6) is 5.75 Å². The summed E-state index contributed by atoms with van der Waals surface area (Å²) in [6.07, 6.45) is -4.56. The number of rotatable bonds is 4. The number of aromatic nitrogens is 1. The first-order valence-electron chi connectivity index (χ1n) is 7.92. The molecule has 3 rings (SSSR count). The Kier molecular flexibility index (Phi) is 4.90. The molecular formula is C18H16F3NO4S. The molecule has 0 aliphatic carbocycles. The topological polar surface area (TPSA) is 57.7 Å². The van der Waals surface area contributed by atoms with Gasteiger partial charge in [0.25, 0.3) is 0 Å². The van der Waals surface area contributed by atoms with Gasteiger partial charge in [-0.05, 0) is 35.8 Å². The molecule has 0 saturated heterocycles. The molecule has 2 aromatic rings. The second kappa shape index (κ2) is 6.88. The molecule has 0 amide bonds. The lowest BCUT2D eigenvalue weighted by atomic mass is 10.0. The molecule has 27 heavy (non-hydrogen) atoms. The molecule has 0 radical (unpaired) electrons. The van der Waals surface area contributed by atoms with Gasteiger partial charge in [0.1, 0.15) is 11.5 Å². The summed E-state index contributed by atoms with van der Waals surface area (Å²) in [7, 11) is 1.51. The fourth-order valence-electron chi connectivity index (χ4n) is 2.64. The first-order chi connectivity index (χ1) is 12.6. The molecule has 0 atom stereocenters. The number of carbonyl (C=O) groups is 1. The van der Waals surface area contributed by atoms with Crippen molar-refractivity contribution in [1.29, 1.82) is 0 Å². The molecule has 1 aliphatic heterocycles. The molecule has 0 fully saturated rings. The van der Waals surface area contributed by atoms with E-state index in [4.69, 9.17) is 14.2 Å². The predicted molar refractivity (Wildman–Crippen MR) is 93.1 cm³/mol. The Bertz CT molecular complexity index is 885. The zero-order chi connectivity index (χ0) is 19.8. The third-order valence-corrected chi connectivity index (χ3v) is 4.53. The van der Waals surface area contributed by atoms with Crippen molar-refractivity contribution in [3.8, 4) is 17.0 Å². The summed E-state index contributed by atoms with van der Waals surface area (Å²) >= 11 is 0.729. The van der Waals surface area contributed by atoms with Crippen LogP contribution in [-0.2, 0) is 20.7 Å². The Morgan fingerprint density at radius 1 is 1.19 bits per heavy atom. The van der Waals surface area contributed by atoms with Crippen molar-refractivity contribution in [1.82, 2.24) is 4.37 Å². The van der Waals surface area contributed by atoms with Crippen LogP contribution in [0.3, 0.4) is 0 Å². The molecule has 5 nitrogen and oxygen atoms in total. The van der Waals surface area contributed by atoms with Crippen molar-refractivity contribution in [2.75, 3.05) is 7.11 Å². The maximum atomic E-state index is 13.0. The number of alkyl halides is 3. The normalized spacial score (nSPS) is 16.4. The van der Waals surface area contributed by atoms with Crippen LogP contribution < -0.4 is 4.74 Å². The highest BCUT2D eigenvalue weighted by Crippen LogP contribution is 2.40. The maximum Gasteiger partial charge on any atom is 0.393 e. The third kappa shape index (κ3) is 4.41. The van der Waals surface area contributed by atoms with E-state index in [1.54, 1.807) is 24.3 Å². The molecule has 0 spiro atoms. The molecule has 1 aromatic heterocycles. The minimum atomic E-state index is -4.43. The summed E-state index contributed by atoms with van der Waals surface area (Å²) in [5.74, 6) is -1.37. The lowest BCUT2D eigenvalue weighted by molar-refractivity contribution is -0.193.